The van der Waals surface area contributed by atoms with Crippen LogP contribution < -0.4 is 4.74 Å². The molecule has 26 heavy (non-hydrogen) atoms. The van der Waals surface area contributed by atoms with Crippen LogP contribution in [0, 0.1) is 20.8 Å². The molecule has 0 radical (unpaired) electrons. The third kappa shape index (κ3) is 4.22. The lowest BCUT2D eigenvalue weighted by Gasteiger charge is -2.34. The number of aryl methyl sites for hydroxylation is 3. The summed E-state index contributed by atoms with van der Waals surface area (Å²) in [4.78, 5) is 28.4. The van der Waals surface area contributed by atoms with Gasteiger partial charge in [-0.3, -0.25) is 9.59 Å². The van der Waals surface area contributed by atoms with E-state index in [0.29, 0.717) is 37.5 Å². The highest BCUT2D eigenvalue weighted by Gasteiger charge is 2.26. The predicted octanol–water partition coefficient (Wildman–Crippen LogP) is 2.43. The molecule has 0 unspecified atom stereocenters. The first-order valence-corrected chi connectivity index (χ1v) is 9.47. The second-order valence-electron chi connectivity index (χ2n) is 6.60. The number of aromatic nitrogens is 1. The Morgan fingerprint density at radius 1 is 1.04 bits per heavy atom. The van der Waals surface area contributed by atoms with Gasteiger partial charge in [0.25, 0.3) is 11.8 Å². The van der Waals surface area contributed by atoms with E-state index < -0.39 is 0 Å². The van der Waals surface area contributed by atoms with Crippen LogP contribution in [0.25, 0.3) is 0 Å². The molecule has 6 nitrogen and oxygen atoms in total. The maximum Gasteiger partial charge on any atom is 0.260 e. The second kappa shape index (κ2) is 7.86. The zero-order chi connectivity index (χ0) is 18.7. The van der Waals surface area contributed by atoms with Gasteiger partial charge in [0.15, 0.2) is 6.61 Å². The number of rotatable bonds is 4. The van der Waals surface area contributed by atoms with Crippen LogP contribution >= 0.6 is 11.5 Å². The Labute approximate surface area is 157 Å². The smallest absolute Gasteiger partial charge is 0.260 e. The first-order chi connectivity index (χ1) is 12.4. The Balaban J connectivity index is 1.50. The number of carbonyl (C=O) groups is 2. The van der Waals surface area contributed by atoms with Crippen molar-refractivity contribution in [2.24, 2.45) is 0 Å². The molecular formula is C19H23N3O3S. The second-order valence-corrected chi connectivity index (χ2v) is 7.23. The first kappa shape index (κ1) is 18.4. The summed E-state index contributed by atoms with van der Waals surface area (Å²) in [7, 11) is 0. The van der Waals surface area contributed by atoms with E-state index in [-0.39, 0.29) is 18.4 Å². The molecule has 2 heterocycles. The Morgan fingerprint density at radius 3 is 2.23 bits per heavy atom. The van der Waals surface area contributed by atoms with Crippen molar-refractivity contribution in [3.8, 4) is 5.75 Å². The standard InChI is InChI=1S/C19H23N3O3S/c1-13-8-14(2)10-16(9-13)25-11-18(23)21-4-6-22(7-5-21)19(24)17-12-26-20-15(17)3/h8-10,12H,4-7,11H2,1-3H3. The molecule has 0 atom stereocenters. The summed E-state index contributed by atoms with van der Waals surface area (Å²) in [5.74, 6) is 0.657. The van der Waals surface area contributed by atoms with Gasteiger partial charge in [0.05, 0.1) is 11.3 Å². The highest BCUT2D eigenvalue weighted by Crippen LogP contribution is 2.17. The summed E-state index contributed by atoms with van der Waals surface area (Å²) in [5.41, 5.74) is 3.64. The SMILES string of the molecule is Cc1cc(C)cc(OCC(=O)N2CCN(C(=O)c3csnc3C)CC2)c1. The number of hydrogen-bond acceptors (Lipinski definition) is 5. The lowest BCUT2D eigenvalue weighted by molar-refractivity contribution is -0.134. The minimum atomic E-state index is -0.0513. The average molecular weight is 373 g/mol. The van der Waals surface area contributed by atoms with E-state index in [1.54, 1.807) is 15.2 Å². The molecule has 0 aliphatic carbocycles. The quantitative estimate of drug-likeness (QED) is 0.826. The number of hydrogen-bond donors (Lipinski definition) is 0. The molecule has 138 valence electrons. The monoisotopic (exact) mass is 373 g/mol. The van der Waals surface area contributed by atoms with Crippen LogP contribution in [-0.2, 0) is 4.79 Å². The van der Waals surface area contributed by atoms with E-state index in [1.807, 2.05) is 32.9 Å². The van der Waals surface area contributed by atoms with E-state index in [9.17, 15) is 9.59 Å². The lowest BCUT2D eigenvalue weighted by Crippen LogP contribution is -2.51. The number of amides is 2. The lowest BCUT2D eigenvalue weighted by atomic mass is 10.1. The zero-order valence-electron chi connectivity index (χ0n) is 15.3. The Morgan fingerprint density at radius 2 is 1.65 bits per heavy atom. The van der Waals surface area contributed by atoms with Gasteiger partial charge >= 0.3 is 0 Å². The molecule has 0 saturated carbocycles. The summed E-state index contributed by atoms with van der Waals surface area (Å²) in [5, 5.41) is 1.78. The van der Waals surface area contributed by atoms with E-state index in [0.717, 1.165) is 16.8 Å². The van der Waals surface area contributed by atoms with Crippen LogP contribution in [-0.4, -0.2) is 58.8 Å². The summed E-state index contributed by atoms with van der Waals surface area (Å²) in [6.07, 6.45) is 0. The molecule has 1 saturated heterocycles. The van der Waals surface area contributed by atoms with Gasteiger partial charge in [-0.05, 0) is 55.6 Å². The molecular weight excluding hydrogens is 350 g/mol. The maximum absolute atomic E-state index is 12.5. The largest absolute Gasteiger partial charge is 0.484 e. The van der Waals surface area contributed by atoms with Gasteiger partial charge in [-0.1, -0.05) is 6.07 Å². The van der Waals surface area contributed by atoms with E-state index in [4.69, 9.17) is 4.74 Å². The molecule has 2 amide bonds. The molecule has 1 aliphatic heterocycles. The van der Waals surface area contributed by atoms with Gasteiger partial charge in [0.1, 0.15) is 5.75 Å². The van der Waals surface area contributed by atoms with Gasteiger partial charge in [-0.2, -0.15) is 4.37 Å². The summed E-state index contributed by atoms with van der Waals surface area (Å²) in [6.45, 7) is 7.98. The van der Waals surface area contributed by atoms with E-state index >= 15 is 0 Å². The van der Waals surface area contributed by atoms with Crippen LogP contribution in [0.3, 0.4) is 0 Å². The zero-order valence-corrected chi connectivity index (χ0v) is 16.1. The summed E-state index contributed by atoms with van der Waals surface area (Å²) < 4.78 is 9.81. The van der Waals surface area contributed by atoms with Gasteiger partial charge in [-0.15, -0.1) is 0 Å². The average Bonchev–Trinajstić information content (AvgIpc) is 3.04. The Kier molecular flexibility index (Phi) is 5.56. The molecule has 1 aromatic heterocycles. The Hall–Kier alpha value is -2.41. The highest BCUT2D eigenvalue weighted by atomic mass is 32.1. The van der Waals surface area contributed by atoms with Crippen molar-refractivity contribution in [1.82, 2.24) is 14.2 Å². The molecule has 3 rings (SSSR count). The van der Waals surface area contributed by atoms with Crippen LogP contribution in [0.1, 0.15) is 27.2 Å². The minimum absolute atomic E-state index is 0.00478. The molecule has 1 aromatic carbocycles. The van der Waals surface area contributed by atoms with Crippen LogP contribution in [0.15, 0.2) is 23.6 Å². The third-order valence-electron chi connectivity index (χ3n) is 4.46. The molecule has 0 spiro atoms. The van der Waals surface area contributed by atoms with Crippen LogP contribution in [0.2, 0.25) is 0 Å². The fourth-order valence-electron chi connectivity index (χ4n) is 3.08. The Bertz CT molecular complexity index is 790. The van der Waals surface area contributed by atoms with Gasteiger partial charge in [0.2, 0.25) is 0 Å². The topological polar surface area (TPSA) is 62.7 Å². The number of nitrogens with zero attached hydrogens (tertiary/aromatic N) is 3. The maximum atomic E-state index is 12.5. The number of benzene rings is 1. The van der Waals surface area contributed by atoms with E-state index in [1.165, 1.54) is 11.5 Å². The number of piperazine rings is 1. The van der Waals surface area contributed by atoms with Crippen molar-refractivity contribution in [3.05, 3.63) is 46.0 Å². The van der Waals surface area contributed by atoms with Crippen molar-refractivity contribution in [3.63, 3.8) is 0 Å². The van der Waals surface area contributed by atoms with Gasteiger partial charge < -0.3 is 14.5 Å². The van der Waals surface area contributed by atoms with Crippen molar-refractivity contribution in [2.75, 3.05) is 32.8 Å². The van der Waals surface area contributed by atoms with Crippen LogP contribution in [0.5, 0.6) is 5.75 Å². The normalized spacial score (nSPS) is 14.4. The third-order valence-corrected chi connectivity index (χ3v) is 5.18. The minimum Gasteiger partial charge on any atom is -0.484 e. The van der Waals surface area contributed by atoms with E-state index in [2.05, 4.69) is 10.4 Å². The van der Waals surface area contributed by atoms with Crippen molar-refractivity contribution >= 4 is 23.3 Å². The van der Waals surface area contributed by atoms with Gasteiger partial charge in [-0.25, -0.2) is 0 Å². The molecule has 0 bridgehead atoms. The number of ether oxygens (including phenoxy) is 1. The summed E-state index contributed by atoms with van der Waals surface area (Å²) >= 11 is 1.29. The summed E-state index contributed by atoms with van der Waals surface area (Å²) in [6, 6.07) is 5.91. The predicted molar refractivity (Wildman–Crippen MR) is 101 cm³/mol. The molecule has 1 fully saturated rings. The highest BCUT2D eigenvalue weighted by molar-refractivity contribution is 7.03. The fraction of sp³-hybridized carbons (Fsp3) is 0.421. The van der Waals surface area contributed by atoms with Crippen molar-refractivity contribution in [2.45, 2.75) is 20.8 Å². The first-order valence-electron chi connectivity index (χ1n) is 8.63. The molecule has 2 aromatic rings. The molecule has 1 aliphatic rings. The van der Waals surface area contributed by atoms with Crippen molar-refractivity contribution < 1.29 is 14.3 Å². The molecule has 0 N–H and O–H groups in total. The van der Waals surface area contributed by atoms with Crippen molar-refractivity contribution in [1.29, 1.82) is 0 Å². The number of carbonyl (C=O) groups excluding carboxylic acids is 2. The van der Waals surface area contributed by atoms with Crippen LogP contribution in [0.4, 0.5) is 0 Å². The van der Waals surface area contributed by atoms with Gasteiger partial charge in [0, 0.05) is 31.6 Å². The fourth-order valence-corrected chi connectivity index (χ4v) is 3.77. The molecule has 7 heteroatoms.